The van der Waals surface area contributed by atoms with E-state index < -0.39 is 10.0 Å². The molecule has 21 heavy (non-hydrogen) atoms. The van der Waals surface area contributed by atoms with E-state index in [1.165, 1.54) is 21.9 Å². The number of nitrogens with two attached hydrogens (primary N) is 1. The highest BCUT2D eigenvalue weighted by Gasteiger charge is 2.26. The van der Waals surface area contributed by atoms with Crippen molar-refractivity contribution < 1.29 is 8.42 Å². The average Bonchev–Trinajstić information content (AvgIpc) is 3.00. The minimum atomic E-state index is -3.88. The van der Waals surface area contributed by atoms with Gasteiger partial charge >= 0.3 is 0 Å². The first-order valence-electron chi connectivity index (χ1n) is 5.89. The van der Waals surface area contributed by atoms with Crippen molar-refractivity contribution in [2.45, 2.75) is 11.9 Å². The van der Waals surface area contributed by atoms with Gasteiger partial charge in [0.05, 0.1) is 0 Å². The normalized spacial score (nSPS) is 11.7. The maximum atomic E-state index is 12.6. The van der Waals surface area contributed by atoms with Gasteiger partial charge in [0.1, 0.15) is 5.82 Å². The Morgan fingerprint density at radius 3 is 2.90 bits per heavy atom. The van der Waals surface area contributed by atoms with Crippen LogP contribution < -0.4 is 16.0 Å². The average molecular weight is 324 g/mol. The topological polar surface area (TPSA) is 114 Å². The lowest BCUT2D eigenvalue weighted by molar-refractivity contribution is 0.597. The molecule has 8 nitrogen and oxygen atoms in total. The number of anilines is 2. The maximum Gasteiger partial charge on any atom is 0.282 e. The molecule has 0 saturated carbocycles. The molecule has 4 N–H and O–H groups in total. The third-order valence-electron chi connectivity index (χ3n) is 2.85. The summed E-state index contributed by atoms with van der Waals surface area (Å²) < 4.78 is 29.1. The van der Waals surface area contributed by atoms with E-state index in [0.29, 0.717) is 4.96 Å². The van der Waals surface area contributed by atoms with Crippen LogP contribution in [0.1, 0.15) is 5.56 Å². The predicted octanol–water partition coefficient (Wildman–Crippen LogP) is 1.19. The van der Waals surface area contributed by atoms with Crippen molar-refractivity contribution in [3.63, 3.8) is 0 Å². The fourth-order valence-corrected chi connectivity index (χ4v) is 3.99. The highest BCUT2D eigenvalue weighted by Crippen LogP contribution is 2.26. The molecule has 0 unspecified atom stereocenters. The van der Waals surface area contributed by atoms with E-state index in [-0.39, 0.29) is 16.7 Å². The van der Waals surface area contributed by atoms with Gasteiger partial charge in [0, 0.05) is 17.8 Å². The zero-order chi connectivity index (χ0) is 15.0. The lowest BCUT2D eigenvalue weighted by atomic mass is 10.3. The van der Waals surface area contributed by atoms with Gasteiger partial charge in [-0.1, -0.05) is 6.07 Å². The van der Waals surface area contributed by atoms with Crippen LogP contribution in [0.25, 0.3) is 4.96 Å². The van der Waals surface area contributed by atoms with Crippen LogP contribution in [0.5, 0.6) is 0 Å². The second kappa shape index (κ2) is 4.98. The number of fused-ring (bicyclic) bond motifs is 1. The number of pyridine rings is 1. The molecule has 0 aliphatic carbocycles. The van der Waals surface area contributed by atoms with Crippen molar-refractivity contribution in [2.75, 3.05) is 10.1 Å². The molecule has 3 rings (SSSR count). The molecule has 0 radical (unpaired) electrons. The van der Waals surface area contributed by atoms with Crippen molar-refractivity contribution in [3.8, 4) is 0 Å². The SMILES string of the molecule is Cc1cccnc1NS(=O)(=O)c1c(NN)nc2sccn12. The third-order valence-corrected chi connectivity index (χ3v) is 4.97. The van der Waals surface area contributed by atoms with Gasteiger partial charge in [0.2, 0.25) is 5.03 Å². The molecule has 0 bridgehead atoms. The number of imidazole rings is 1. The Bertz CT molecular complexity index is 898. The number of hydrazine groups is 1. The van der Waals surface area contributed by atoms with Crippen LogP contribution in [-0.4, -0.2) is 22.8 Å². The number of nitrogen functional groups attached to an aromatic ring is 1. The van der Waals surface area contributed by atoms with E-state index in [4.69, 9.17) is 5.84 Å². The highest BCUT2D eigenvalue weighted by atomic mass is 32.2. The fourth-order valence-electron chi connectivity index (χ4n) is 1.88. The van der Waals surface area contributed by atoms with E-state index in [9.17, 15) is 8.42 Å². The Hall–Kier alpha value is -2.17. The molecule has 0 aliphatic heterocycles. The molecule has 3 aromatic rings. The van der Waals surface area contributed by atoms with Crippen molar-refractivity contribution >= 4 is 38.0 Å². The number of aromatic nitrogens is 3. The number of rotatable bonds is 4. The quantitative estimate of drug-likeness (QED) is 0.490. The van der Waals surface area contributed by atoms with Crippen LogP contribution in [-0.2, 0) is 10.0 Å². The standard InChI is InChI=1S/C11H12N6O2S2/c1-7-3-2-4-13-8(7)16-21(18,19)10-9(15-12)14-11-17(10)5-6-20-11/h2-6,15H,12H2,1H3,(H,13,16). The van der Waals surface area contributed by atoms with Gasteiger partial charge in [-0.2, -0.15) is 13.4 Å². The number of nitrogens with one attached hydrogen (secondary N) is 2. The smallest absolute Gasteiger partial charge is 0.282 e. The third kappa shape index (κ3) is 2.33. The van der Waals surface area contributed by atoms with Crippen LogP contribution >= 0.6 is 11.3 Å². The molecule has 0 spiro atoms. The van der Waals surface area contributed by atoms with Crippen LogP contribution in [0.4, 0.5) is 11.6 Å². The Morgan fingerprint density at radius 1 is 1.38 bits per heavy atom. The van der Waals surface area contributed by atoms with E-state index >= 15 is 0 Å². The van der Waals surface area contributed by atoms with Gasteiger partial charge in [0.15, 0.2) is 10.8 Å². The zero-order valence-corrected chi connectivity index (χ0v) is 12.6. The number of aryl methyl sites for hydroxylation is 1. The molecule has 0 aliphatic rings. The Balaban J connectivity index is 2.12. The van der Waals surface area contributed by atoms with Crippen LogP contribution in [0.3, 0.4) is 0 Å². The second-order valence-electron chi connectivity index (χ2n) is 4.24. The lowest BCUT2D eigenvalue weighted by Crippen LogP contribution is -2.19. The largest absolute Gasteiger partial charge is 0.306 e. The molecule has 0 aromatic carbocycles. The Morgan fingerprint density at radius 2 is 2.19 bits per heavy atom. The summed E-state index contributed by atoms with van der Waals surface area (Å²) in [5, 5.41) is 1.69. The van der Waals surface area contributed by atoms with Gasteiger partial charge in [0.25, 0.3) is 10.0 Å². The molecule has 3 heterocycles. The zero-order valence-electron chi connectivity index (χ0n) is 10.9. The number of sulfonamides is 1. The van der Waals surface area contributed by atoms with Crippen molar-refractivity contribution in [1.29, 1.82) is 0 Å². The first kappa shape index (κ1) is 13.8. The molecule has 0 saturated heterocycles. The van der Waals surface area contributed by atoms with Crippen LogP contribution in [0.15, 0.2) is 34.9 Å². The molecular formula is C11H12N6O2S2. The molecule has 0 atom stereocenters. The Labute approximate surface area is 124 Å². The molecule has 3 aromatic heterocycles. The first-order chi connectivity index (χ1) is 10.0. The molecule has 110 valence electrons. The first-order valence-corrected chi connectivity index (χ1v) is 8.26. The summed E-state index contributed by atoms with van der Waals surface area (Å²) in [4.78, 5) is 8.68. The van der Waals surface area contributed by atoms with Crippen molar-refractivity contribution in [1.82, 2.24) is 14.4 Å². The Kier molecular flexibility index (Phi) is 3.27. The maximum absolute atomic E-state index is 12.6. The summed E-state index contributed by atoms with van der Waals surface area (Å²) in [5.74, 6) is 5.72. The van der Waals surface area contributed by atoms with Crippen LogP contribution in [0.2, 0.25) is 0 Å². The summed E-state index contributed by atoms with van der Waals surface area (Å²) in [6.07, 6.45) is 3.14. The van der Waals surface area contributed by atoms with Crippen LogP contribution in [0, 0.1) is 6.92 Å². The highest BCUT2D eigenvalue weighted by molar-refractivity contribution is 7.92. The predicted molar refractivity (Wildman–Crippen MR) is 80.7 cm³/mol. The number of hydrogen-bond acceptors (Lipinski definition) is 7. The van der Waals surface area contributed by atoms with Gasteiger partial charge < -0.3 is 5.43 Å². The number of thiazole rings is 1. The minimum Gasteiger partial charge on any atom is -0.306 e. The summed E-state index contributed by atoms with van der Waals surface area (Å²) in [6.45, 7) is 1.77. The number of hydrogen-bond donors (Lipinski definition) is 3. The lowest BCUT2D eigenvalue weighted by Gasteiger charge is -2.09. The summed E-state index contributed by atoms with van der Waals surface area (Å²) in [6, 6.07) is 3.50. The van der Waals surface area contributed by atoms with E-state index in [1.54, 1.807) is 30.6 Å². The van der Waals surface area contributed by atoms with Gasteiger partial charge in [-0.3, -0.25) is 9.12 Å². The fraction of sp³-hybridized carbons (Fsp3) is 0.0909. The summed E-state index contributed by atoms with van der Waals surface area (Å²) in [7, 11) is -3.88. The minimum absolute atomic E-state index is 0.0497. The summed E-state index contributed by atoms with van der Waals surface area (Å²) in [5.41, 5.74) is 3.03. The monoisotopic (exact) mass is 324 g/mol. The van der Waals surface area contributed by atoms with E-state index in [0.717, 1.165) is 5.56 Å². The van der Waals surface area contributed by atoms with E-state index in [1.807, 2.05) is 0 Å². The second-order valence-corrected chi connectivity index (χ2v) is 6.71. The molecule has 0 fully saturated rings. The molecular weight excluding hydrogens is 312 g/mol. The van der Waals surface area contributed by atoms with Gasteiger partial charge in [-0.05, 0) is 18.6 Å². The molecule has 0 amide bonds. The van der Waals surface area contributed by atoms with Crippen molar-refractivity contribution in [2.24, 2.45) is 5.84 Å². The van der Waals surface area contributed by atoms with Gasteiger partial charge in [-0.15, -0.1) is 11.3 Å². The van der Waals surface area contributed by atoms with Crippen molar-refractivity contribution in [3.05, 3.63) is 35.5 Å². The number of nitrogens with zero attached hydrogens (tertiary/aromatic N) is 3. The summed E-state index contributed by atoms with van der Waals surface area (Å²) >= 11 is 1.31. The van der Waals surface area contributed by atoms with Gasteiger partial charge in [-0.25, -0.2) is 10.8 Å². The molecule has 10 heteroatoms. The van der Waals surface area contributed by atoms with E-state index in [2.05, 4.69) is 20.1 Å².